The van der Waals surface area contributed by atoms with Crippen molar-refractivity contribution >= 4 is 0 Å². The Morgan fingerprint density at radius 2 is 1.93 bits per heavy atom. The van der Waals surface area contributed by atoms with E-state index in [0.717, 1.165) is 0 Å². The van der Waals surface area contributed by atoms with Crippen LogP contribution in [-0.2, 0) is 16.1 Å². The normalized spacial score (nSPS) is 23.4. The van der Waals surface area contributed by atoms with E-state index in [9.17, 15) is 0 Å². The first-order valence-electron chi connectivity index (χ1n) is 4.98. The molecule has 1 atom stereocenters. The van der Waals surface area contributed by atoms with Gasteiger partial charge in [0.25, 0.3) is 0 Å². The van der Waals surface area contributed by atoms with Crippen LogP contribution >= 0.6 is 0 Å². The van der Waals surface area contributed by atoms with Crippen LogP contribution in [0.5, 0.6) is 0 Å². The smallest absolute Gasteiger partial charge is 0.110 e. The fourth-order valence-corrected chi connectivity index (χ4v) is 1.43. The molecule has 2 heteroatoms. The van der Waals surface area contributed by atoms with Crippen molar-refractivity contribution in [3.8, 4) is 0 Å². The Balaban J connectivity index is 1.69. The van der Waals surface area contributed by atoms with Crippen molar-refractivity contribution in [2.45, 2.75) is 32.2 Å². The molecule has 0 radical (unpaired) electrons. The molecular weight excluding hydrogens is 176 g/mol. The van der Waals surface area contributed by atoms with Crippen molar-refractivity contribution < 1.29 is 9.47 Å². The lowest BCUT2D eigenvalue weighted by Crippen LogP contribution is -2.09. The summed E-state index contributed by atoms with van der Waals surface area (Å²) in [7, 11) is 0. The van der Waals surface area contributed by atoms with Gasteiger partial charge in [0.1, 0.15) is 6.10 Å². The summed E-state index contributed by atoms with van der Waals surface area (Å²) in [5.41, 5.74) is 1.25. The van der Waals surface area contributed by atoms with Crippen molar-refractivity contribution in [2.24, 2.45) is 0 Å². The van der Waals surface area contributed by atoms with Crippen molar-refractivity contribution in [1.82, 2.24) is 0 Å². The van der Waals surface area contributed by atoms with Crippen molar-refractivity contribution in [3.05, 3.63) is 35.9 Å². The second-order valence-corrected chi connectivity index (χ2v) is 4.21. The van der Waals surface area contributed by atoms with Crippen molar-refractivity contribution in [3.63, 3.8) is 0 Å². The molecule has 1 saturated heterocycles. The van der Waals surface area contributed by atoms with E-state index in [4.69, 9.17) is 9.47 Å². The summed E-state index contributed by atoms with van der Waals surface area (Å²) in [4.78, 5) is 0. The zero-order valence-corrected chi connectivity index (χ0v) is 8.69. The van der Waals surface area contributed by atoms with Crippen LogP contribution in [0.25, 0.3) is 0 Å². The number of rotatable bonds is 4. The summed E-state index contributed by atoms with van der Waals surface area (Å²) in [5.74, 6) is 0. The van der Waals surface area contributed by atoms with Gasteiger partial charge in [-0.25, -0.2) is 0 Å². The highest BCUT2D eigenvalue weighted by atomic mass is 16.6. The quantitative estimate of drug-likeness (QED) is 0.683. The highest BCUT2D eigenvalue weighted by molar-refractivity contribution is 5.13. The van der Waals surface area contributed by atoms with Crippen LogP contribution in [0.2, 0.25) is 0 Å². The summed E-state index contributed by atoms with van der Waals surface area (Å²) in [5, 5.41) is 0. The minimum Gasteiger partial charge on any atom is -0.374 e. The van der Waals surface area contributed by atoms with Crippen LogP contribution in [-0.4, -0.2) is 18.3 Å². The number of benzene rings is 1. The van der Waals surface area contributed by atoms with Crippen molar-refractivity contribution in [1.29, 1.82) is 0 Å². The van der Waals surface area contributed by atoms with Crippen LogP contribution in [0.15, 0.2) is 30.3 Å². The first kappa shape index (κ1) is 9.69. The maximum Gasteiger partial charge on any atom is 0.110 e. The van der Waals surface area contributed by atoms with Crippen LogP contribution < -0.4 is 0 Å². The predicted octanol–water partition coefficient (Wildman–Crippen LogP) is 2.38. The van der Waals surface area contributed by atoms with Crippen LogP contribution in [0, 0.1) is 0 Å². The molecule has 0 aromatic heterocycles. The molecule has 1 aliphatic rings. The molecule has 2 rings (SSSR count). The third-order valence-electron chi connectivity index (χ3n) is 2.54. The lowest BCUT2D eigenvalue weighted by molar-refractivity contribution is 0.104. The molecule has 0 amide bonds. The van der Waals surface area contributed by atoms with Crippen LogP contribution in [0.4, 0.5) is 0 Å². The van der Waals surface area contributed by atoms with Gasteiger partial charge in [0.15, 0.2) is 0 Å². The number of epoxide rings is 1. The summed E-state index contributed by atoms with van der Waals surface area (Å²) >= 11 is 0. The van der Waals surface area contributed by atoms with E-state index in [0.29, 0.717) is 13.2 Å². The minimum absolute atomic E-state index is 0.0384. The van der Waals surface area contributed by atoms with Crippen molar-refractivity contribution in [2.75, 3.05) is 6.61 Å². The first-order valence-corrected chi connectivity index (χ1v) is 4.98. The standard InChI is InChI=1S/C12H16O2/c1-12(2)11(14-12)9-13-8-10-6-4-3-5-7-10/h3-7,11H,8-9H2,1-2H3/t11-/m1/s1. The maximum absolute atomic E-state index is 5.55. The van der Waals surface area contributed by atoms with Gasteiger partial charge in [-0.3, -0.25) is 0 Å². The second kappa shape index (κ2) is 3.71. The first-order chi connectivity index (χ1) is 6.68. The third kappa shape index (κ3) is 2.34. The highest BCUT2D eigenvalue weighted by Gasteiger charge is 2.47. The second-order valence-electron chi connectivity index (χ2n) is 4.21. The summed E-state index contributed by atoms with van der Waals surface area (Å²) in [6.45, 7) is 5.55. The van der Waals surface area contributed by atoms with Gasteiger partial charge in [0.05, 0.1) is 18.8 Å². The lowest BCUT2D eigenvalue weighted by atomic mass is 10.1. The molecule has 14 heavy (non-hydrogen) atoms. The molecular formula is C12H16O2. The molecule has 0 bridgehead atoms. The predicted molar refractivity (Wildman–Crippen MR) is 55.1 cm³/mol. The van der Waals surface area contributed by atoms with E-state index in [1.165, 1.54) is 5.56 Å². The van der Waals surface area contributed by atoms with Gasteiger partial charge in [-0.05, 0) is 19.4 Å². The van der Waals surface area contributed by atoms with Gasteiger partial charge in [-0.1, -0.05) is 30.3 Å². The number of hydrogen-bond acceptors (Lipinski definition) is 2. The van der Waals surface area contributed by atoms with Gasteiger partial charge >= 0.3 is 0 Å². The number of hydrogen-bond donors (Lipinski definition) is 0. The molecule has 1 fully saturated rings. The van der Waals surface area contributed by atoms with E-state index in [-0.39, 0.29) is 11.7 Å². The van der Waals surface area contributed by atoms with Gasteiger partial charge in [-0.2, -0.15) is 0 Å². The average molecular weight is 192 g/mol. The SMILES string of the molecule is CC1(C)O[C@@H]1COCc1ccccc1. The summed E-state index contributed by atoms with van der Waals surface area (Å²) in [6, 6.07) is 10.2. The third-order valence-corrected chi connectivity index (χ3v) is 2.54. The van der Waals surface area contributed by atoms with E-state index < -0.39 is 0 Å². The van der Waals surface area contributed by atoms with E-state index in [2.05, 4.69) is 26.0 Å². The average Bonchev–Trinajstić information content (AvgIpc) is 2.76. The van der Waals surface area contributed by atoms with Gasteiger partial charge in [0.2, 0.25) is 0 Å². The minimum atomic E-state index is 0.0384. The fraction of sp³-hybridized carbons (Fsp3) is 0.500. The number of ether oxygens (including phenoxy) is 2. The lowest BCUT2D eigenvalue weighted by Gasteiger charge is -2.02. The Hall–Kier alpha value is -0.860. The van der Waals surface area contributed by atoms with Gasteiger partial charge < -0.3 is 9.47 Å². The Bertz CT molecular complexity index is 292. The zero-order chi connectivity index (χ0) is 10.0. The molecule has 76 valence electrons. The topological polar surface area (TPSA) is 21.8 Å². The monoisotopic (exact) mass is 192 g/mol. The summed E-state index contributed by atoms with van der Waals surface area (Å²) in [6.07, 6.45) is 0.284. The maximum atomic E-state index is 5.55. The molecule has 1 aromatic carbocycles. The largest absolute Gasteiger partial charge is 0.374 e. The molecule has 0 N–H and O–H groups in total. The molecule has 1 heterocycles. The highest BCUT2D eigenvalue weighted by Crippen LogP contribution is 2.35. The molecule has 0 saturated carbocycles. The van der Waals surface area contributed by atoms with Gasteiger partial charge in [-0.15, -0.1) is 0 Å². The van der Waals surface area contributed by atoms with Crippen LogP contribution in [0.1, 0.15) is 19.4 Å². The molecule has 0 aliphatic carbocycles. The molecule has 0 spiro atoms. The Kier molecular flexibility index (Phi) is 2.57. The van der Waals surface area contributed by atoms with E-state index in [1.807, 2.05) is 18.2 Å². The van der Waals surface area contributed by atoms with E-state index >= 15 is 0 Å². The Morgan fingerprint density at radius 3 is 2.50 bits per heavy atom. The van der Waals surface area contributed by atoms with Gasteiger partial charge in [0, 0.05) is 0 Å². The fourth-order valence-electron chi connectivity index (χ4n) is 1.43. The Morgan fingerprint density at radius 1 is 1.29 bits per heavy atom. The molecule has 1 aromatic rings. The van der Waals surface area contributed by atoms with Crippen LogP contribution in [0.3, 0.4) is 0 Å². The molecule has 0 unspecified atom stereocenters. The molecule has 2 nitrogen and oxygen atoms in total. The Labute approximate surface area is 84.8 Å². The molecule has 1 aliphatic heterocycles. The summed E-state index contributed by atoms with van der Waals surface area (Å²) < 4.78 is 11.0. The van der Waals surface area contributed by atoms with E-state index in [1.54, 1.807) is 0 Å². The zero-order valence-electron chi connectivity index (χ0n) is 8.69.